The van der Waals surface area contributed by atoms with Crippen molar-refractivity contribution in [2.24, 2.45) is 0 Å². The molecule has 0 radical (unpaired) electrons. The molecule has 2 aromatic heterocycles. The zero-order chi connectivity index (χ0) is 12.5. The zero-order valence-electron chi connectivity index (χ0n) is 9.66. The highest BCUT2D eigenvalue weighted by molar-refractivity contribution is 7.98. The van der Waals surface area contributed by atoms with Crippen LogP contribution in [0, 0.1) is 11.3 Å². The quantitative estimate of drug-likeness (QED) is 0.518. The van der Waals surface area contributed by atoms with Crippen molar-refractivity contribution in [2.45, 2.75) is 11.6 Å². The van der Waals surface area contributed by atoms with Gasteiger partial charge in [0.15, 0.2) is 16.6 Å². The van der Waals surface area contributed by atoms with E-state index in [-0.39, 0.29) is 6.42 Å². The van der Waals surface area contributed by atoms with Crippen LogP contribution >= 0.6 is 11.8 Å². The maximum Gasteiger partial charge on any atom is 0.191 e. The van der Waals surface area contributed by atoms with Gasteiger partial charge in [-0.3, -0.25) is 0 Å². The summed E-state index contributed by atoms with van der Waals surface area (Å²) in [6.07, 6.45) is 2.16. The summed E-state index contributed by atoms with van der Waals surface area (Å²) in [5.41, 5.74) is 1.65. The van der Waals surface area contributed by atoms with Crippen LogP contribution in [0.2, 0.25) is 0 Å². The second kappa shape index (κ2) is 4.27. The molecule has 0 amide bonds. The van der Waals surface area contributed by atoms with Gasteiger partial charge in [-0.1, -0.05) is 23.9 Å². The van der Waals surface area contributed by atoms with Gasteiger partial charge in [0.2, 0.25) is 0 Å². The van der Waals surface area contributed by atoms with E-state index >= 15 is 0 Å². The third kappa shape index (κ3) is 1.60. The van der Waals surface area contributed by atoms with Crippen molar-refractivity contribution in [2.75, 3.05) is 6.26 Å². The normalized spacial score (nSPS) is 10.9. The van der Waals surface area contributed by atoms with E-state index < -0.39 is 0 Å². The number of thioether (sulfide) groups is 1. The van der Waals surface area contributed by atoms with Crippen molar-refractivity contribution in [1.29, 1.82) is 5.26 Å². The Labute approximate surface area is 107 Å². The minimum atomic E-state index is 0.212. The number of nitriles is 1. The number of para-hydroxylation sites is 1. The molecule has 0 aliphatic carbocycles. The lowest BCUT2D eigenvalue weighted by Gasteiger charge is -2.02. The molecule has 0 unspecified atom stereocenters. The molecule has 3 rings (SSSR count). The highest BCUT2D eigenvalue weighted by atomic mass is 32.2. The molecule has 0 saturated heterocycles. The molecular formula is C12H9N5S. The van der Waals surface area contributed by atoms with Crippen LogP contribution in [-0.4, -0.2) is 25.8 Å². The molecule has 18 heavy (non-hydrogen) atoms. The SMILES string of the molecule is CSc1nc2ccccc2c2nc(CC#N)nn12. The average molecular weight is 255 g/mol. The van der Waals surface area contributed by atoms with Gasteiger partial charge in [0.05, 0.1) is 18.0 Å². The van der Waals surface area contributed by atoms with Crippen LogP contribution in [0.15, 0.2) is 29.4 Å². The number of rotatable bonds is 2. The number of benzene rings is 1. The predicted octanol–water partition coefficient (Wildman–Crippen LogP) is 2.07. The van der Waals surface area contributed by atoms with Crippen molar-refractivity contribution in [1.82, 2.24) is 19.6 Å². The summed E-state index contributed by atoms with van der Waals surface area (Å²) >= 11 is 1.51. The van der Waals surface area contributed by atoms with E-state index in [4.69, 9.17) is 5.26 Å². The predicted molar refractivity (Wildman–Crippen MR) is 69.4 cm³/mol. The van der Waals surface area contributed by atoms with Crippen molar-refractivity contribution in [3.63, 3.8) is 0 Å². The minimum Gasteiger partial charge on any atom is -0.222 e. The van der Waals surface area contributed by atoms with Crippen LogP contribution in [-0.2, 0) is 6.42 Å². The van der Waals surface area contributed by atoms with Crippen LogP contribution in [0.3, 0.4) is 0 Å². The highest BCUT2D eigenvalue weighted by Crippen LogP contribution is 2.22. The first-order valence-electron chi connectivity index (χ1n) is 5.39. The molecule has 0 atom stereocenters. The van der Waals surface area contributed by atoms with Crippen molar-refractivity contribution in [3.05, 3.63) is 30.1 Å². The fourth-order valence-corrected chi connectivity index (χ4v) is 2.34. The maximum atomic E-state index is 8.72. The van der Waals surface area contributed by atoms with Gasteiger partial charge in [-0.15, -0.1) is 5.10 Å². The molecule has 1 aromatic carbocycles. The van der Waals surface area contributed by atoms with Crippen molar-refractivity contribution < 1.29 is 0 Å². The Morgan fingerprint density at radius 2 is 2.17 bits per heavy atom. The van der Waals surface area contributed by atoms with Crippen LogP contribution in [0.25, 0.3) is 16.6 Å². The molecular weight excluding hydrogens is 246 g/mol. The topological polar surface area (TPSA) is 66.9 Å². The fraction of sp³-hybridized carbons (Fsp3) is 0.167. The molecule has 0 spiro atoms. The van der Waals surface area contributed by atoms with E-state index in [9.17, 15) is 0 Å². The molecule has 5 nitrogen and oxygen atoms in total. The van der Waals surface area contributed by atoms with Crippen LogP contribution < -0.4 is 0 Å². The van der Waals surface area contributed by atoms with E-state index in [0.717, 1.165) is 21.7 Å². The first-order chi connectivity index (χ1) is 8.83. The summed E-state index contributed by atoms with van der Waals surface area (Å²) in [7, 11) is 0. The smallest absolute Gasteiger partial charge is 0.191 e. The third-order valence-electron chi connectivity index (χ3n) is 2.61. The van der Waals surface area contributed by atoms with Gasteiger partial charge in [0.25, 0.3) is 0 Å². The largest absolute Gasteiger partial charge is 0.222 e. The Bertz CT molecular complexity index is 771. The third-order valence-corrected chi connectivity index (χ3v) is 3.24. The van der Waals surface area contributed by atoms with Gasteiger partial charge in [-0.2, -0.15) is 9.78 Å². The number of fused-ring (bicyclic) bond motifs is 3. The molecule has 6 heteroatoms. The number of hydrogen-bond donors (Lipinski definition) is 0. The second-order valence-electron chi connectivity index (χ2n) is 3.71. The van der Waals surface area contributed by atoms with E-state index in [1.807, 2.05) is 30.5 Å². The van der Waals surface area contributed by atoms with E-state index in [1.54, 1.807) is 4.52 Å². The lowest BCUT2D eigenvalue weighted by Crippen LogP contribution is -1.97. The minimum absolute atomic E-state index is 0.212. The van der Waals surface area contributed by atoms with E-state index in [2.05, 4.69) is 21.1 Å². The standard InChI is InChI=1S/C12H9N5S/c1-18-12-14-9-5-3-2-4-8(9)11-15-10(6-7-13)16-17(11)12/h2-5H,6H2,1H3. The molecule has 0 aliphatic heterocycles. The molecule has 88 valence electrons. The fourth-order valence-electron chi connectivity index (χ4n) is 1.85. The van der Waals surface area contributed by atoms with Gasteiger partial charge in [-0.25, -0.2) is 9.97 Å². The van der Waals surface area contributed by atoms with E-state index in [0.29, 0.717) is 5.82 Å². The van der Waals surface area contributed by atoms with Gasteiger partial charge >= 0.3 is 0 Å². The van der Waals surface area contributed by atoms with Crippen molar-refractivity contribution in [3.8, 4) is 6.07 Å². The van der Waals surface area contributed by atoms with E-state index in [1.165, 1.54) is 11.8 Å². The number of nitrogens with zero attached hydrogens (tertiary/aromatic N) is 5. The lowest BCUT2D eigenvalue weighted by atomic mass is 10.2. The molecule has 0 bridgehead atoms. The molecule has 0 fully saturated rings. The summed E-state index contributed by atoms with van der Waals surface area (Å²) in [6, 6.07) is 9.87. The maximum absolute atomic E-state index is 8.72. The Balaban J connectivity index is 2.42. The van der Waals surface area contributed by atoms with Crippen LogP contribution in [0.1, 0.15) is 5.82 Å². The van der Waals surface area contributed by atoms with Crippen molar-refractivity contribution >= 4 is 28.3 Å². The summed E-state index contributed by atoms with van der Waals surface area (Å²) in [5.74, 6) is 0.533. The van der Waals surface area contributed by atoms with Gasteiger partial charge in [0, 0.05) is 5.39 Å². The Kier molecular flexibility index (Phi) is 2.61. The summed E-state index contributed by atoms with van der Waals surface area (Å²) < 4.78 is 1.71. The Morgan fingerprint density at radius 3 is 2.94 bits per heavy atom. The lowest BCUT2D eigenvalue weighted by molar-refractivity contribution is 0.792. The van der Waals surface area contributed by atoms with Crippen LogP contribution in [0.5, 0.6) is 0 Å². The number of hydrogen-bond acceptors (Lipinski definition) is 5. The summed E-state index contributed by atoms with van der Waals surface area (Å²) in [5, 5.41) is 14.8. The molecule has 3 aromatic rings. The number of aromatic nitrogens is 4. The average Bonchev–Trinajstić information content (AvgIpc) is 2.82. The molecule has 0 aliphatic rings. The highest BCUT2D eigenvalue weighted by Gasteiger charge is 2.12. The monoisotopic (exact) mass is 255 g/mol. The van der Waals surface area contributed by atoms with Gasteiger partial charge in [0.1, 0.15) is 0 Å². The molecule has 0 saturated carbocycles. The Morgan fingerprint density at radius 1 is 1.33 bits per heavy atom. The second-order valence-corrected chi connectivity index (χ2v) is 4.49. The zero-order valence-corrected chi connectivity index (χ0v) is 10.5. The van der Waals surface area contributed by atoms with Gasteiger partial charge < -0.3 is 0 Å². The first kappa shape index (κ1) is 11.0. The Hall–Kier alpha value is -2.13. The first-order valence-corrected chi connectivity index (χ1v) is 6.61. The summed E-state index contributed by atoms with van der Waals surface area (Å²) in [6.45, 7) is 0. The van der Waals surface area contributed by atoms with Crippen LogP contribution in [0.4, 0.5) is 0 Å². The van der Waals surface area contributed by atoms with Gasteiger partial charge in [-0.05, 0) is 18.4 Å². The summed E-state index contributed by atoms with van der Waals surface area (Å²) in [4.78, 5) is 8.95. The molecule has 0 N–H and O–H groups in total. The molecule has 2 heterocycles.